The molecule has 0 bridgehead atoms. The molecule has 0 heterocycles. The van der Waals surface area contributed by atoms with Crippen molar-refractivity contribution < 1.29 is 17.5 Å². The minimum atomic E-state index is -3.72. The van der Waals surface area contributed by atoms with E-state index in [1.165, 1.54) is 19.2 Å². The molecule has 1 saturated carbocycles. The fraction of sp³-hybridized carbons (Fsp3) is 0.462. The molecule has 0 amide bonds. The maximum absolute atomic E-state index is 13.6. The Morgan fingerprint density at radius 2 is 2.25 bits per heavy atom. The molecule has 0 spiro atoms. The normalized spacial score (nSPS) is 16.4. The lowest BCUT2D eigenvalue weighted by Crippen LogP contribution is -2.29. The van der Waals surface area contributed by atoms with Gasteiger partial charge in [-0.3, -0.25) is 4.72 Å². The molecule has 7 heteroatoms. The van der Waals surface area contributed by atoms with Crippen LogP contribution in [0, 0.1) is 23.1 Å². The van der Waals surface area contributed by atoms with Crippen LogP contribution in [0.2, 0.25) is 0 Å². The molecule has 1 N–H and O–H groups in total. The van der Waals surface area contributed by atoms with Gasteiger partial charge in [-0.25, -0.2) is 12.8 Å². The van der Waals surface area contributed by atoms with Gasteiger partial charge in [0.15, 0.2) is 0 Å². The Morgan fingerprint density at radius 1 is 1.55 bits per heavy atom. The molecule has 1 aromatic carbocycles. The largest absolute Gasteiger partial charge is 0.380 e. The van der Waals surface area contributed by atoms with Gasteiger partial charge >= 0.3 is 0 Å². The number of benzene rings is 1. The number of halogens is 1. The van der Waals surface area contributed by atoms with Crippen LogP contribution in [0.25, 0.3) is 0 Å². The third-order valence-corrected chi connectivity index (χ3v) is 4.49. The number of hydrogen-bond donors (Lipinski definition) is 1. The summed E-state index contributed by atoms with van der Waals surface area (Å²) >= 11 is 0. The third-order valence-electron chi connectivity index (χ3n) is 3.20. The molecule has 1 aliphatic rings. The summed E-state index contributed by atoms with van der Waals surface area (Å²) in [5.74, 6) is -0.676. The minimum absolute atomic E-state index is 0.189. The van der Waals surface area contributed by atoms with Gasteiger partial charge in [0.05, 0.1) is 29.2 Å². The van der Waals surface area contributed by atoms with Crippen LogP contribution in [-0.4, -0.2) is 27.4 Å². The van der Waals surface area contributed by atoms with Crippen LogP contribution in [0.15, 0.2) is 18.2 Å². The highest BCUT2D eigenvalue weighted by molar-refractivity contribution is 7.92. The Labute approximate surface area is 117 Å². The topological polar surface area (TPSA) is 79.2 Å². The summed E-state index contributed by atoms with van der Waals surface area (Å²) in [6, 6.07) is 5.35. The fourth-order valence-electron chi connectivity index (χ4n) is 1.96. The molecule has 2 rings (SSSR count). The highest BCUT2D eigenvalue weighted by atomic mass is 32.2. The molecule has 5 nitrogen and oxygen atoms in total. The zero-order valence-corrected chi connectivity index (χ0v) is 11.8. The van der Waals surface area contributed by atoms with Crippen molar-refractivity contribution in [2.75, 3.05) is 17.6 Å². The molecule has 1 aromatic rings. The van der Waals surface area contributed by atoms with E-state index in [9.17, 15) is 12.8 Å². The number of sulfonamides is 1. The highest BCUT2D eigenvalue weighted by Crippen LogP contribution is 2.34. The number of nitrogens with zero attached hydrogens (tertiary/aromatic N) is 1. The summed E-state index contributed by atoms with van der Waals surface area (Å²) in [5, 5.41) is 8.75. The summed E-state index contributed by atoms with van der Waals surface area (Å²) in [5.41, 5.74) is -0.0238. The molecule has 0 saturated heterocycles. The van der Waals surface area contributed by atoms with Gasteiger partial charge in [0.2, 0.25) is 10.0 Å². The molecule has 1 fully saturated rings. The van der Waals surface area contributed by atoms with E-state index in [-0.39, 0.29) is 29.0 Å². The molecule has 1 unspecified atom stereocenters. The van der Waals surface area contributed by atoms with Crippen LogP contribution >= 0.6 is 0 Å². The lowest BCUT2D eigenvalue weighted by atomic mass is 10.2. The lowest BCUT2D eigenvalue weighted by molar-refractivity contribution is 0.103. The second-order valence-corrected chi connectivity index (χ2v) is 6.57. The number of anilines is 1. The quantitative estimate of drug-likeness (QED) is 0.869. The summed E-state index contributed by atoms with van der Waals surface area (Å²) in [7, 11) is -2.26. The number of ether oxygens (including phenoxy) is 1. The maximum atomic E-state index is 13.6. The summed E-state index contributed by atoms with van der Waals surface area (Å²) in [6.45, 7) is 0. The van der Waals surface area contributed by atoms with Crippen LogP contribution in [-0.2, 0) is 14.8 Å². The molecular formula is C13H15FN2O3S. The Kier molecular flexibility index (Phi) is 4.26. The monoisotopic (exact) mass is 298 g/mol. The second-order valence-electron chi connectivity index (χ2n) is 4.80. The average molecular weight is 298 g/mol. The van der Waals surface area contributed by atoms with E-state index in [1.807, 2.05) is 6.07 Å². The third kappa shape index (κ3) is 3.68. The summed E-state index contributed by atoms with van der Waals surface area (Å²) in [4.78, 5) is 0. The van der Waals surface area contributed by atoms with Crippen molar-refractivity contribution in [3.05, 3.63) is 29.6 Å². The fourth-order valence-corrected chi connectivity index (χ4v) is 3.38. The number of hydrogen-bond acceptors (Lipinski definition) is 4. The van der Waals surface area contributed by atoms with E-state index in [0.717, 1.165) is 18.9 Å². The van der Waals surface area contributed by atoms with Crippen LogP contribution in [0.5, 0.6) is 0 Å². The Bertz CT molecular complexity index is 636. The highest BCUT2D eigenvalue weighted by Gasteiger charge is 2.34. The van der Waals surface area contributed by atoms with Crippen molar-refractivity contribution in [1.82, 2.24) is 0 Å². The van der Waals surface area contributed by atoms with Crippen LogP contribution < -0.4 is 4.72 Å². The predicted molar refractivity (Wildman–Crippen MR) is 72.0 cm³/mol. The van der Waals surface area contributed by atoms with Crippen molar-refractivity contribution in [3.63, 3.8) is 0 Å². The van der Waals surface area contributed by atoms with Gasteiger partial charge in [-0.15, -0.1) is 0 Å². The average Bonchev–Trinajstić information content (AvgIpc) is 3.23. The van der Waals surface area contributed by atoms with Crippen molar-refractivity contribution >= 4 is 15.7 Å². The van der Waals surface area contributed by atoms with E-state index in [0.29, 0.717) is 0 Å². The smallest absolute Gasteiger partial charge is 0.235 e. The first-order valence-electron chi connectivity index (χ1n) is 6.18. The first-order valence-corrected chi connectivity index (χ1v) is 7.83. The molecule has 20 heavy (non-hydrogen) atoms. The number of methoxy groups -OCH3 is 1. The second kappa shape index (κ2) is 5.77. The van der Waals surface area contributed by atoms with Crippen molar-refractivity contribution in [2.24, 2.45) is 5.92 Å². The Hall–Kier alpha value is -1.65. The first-order chi connectivity index (χ1) is 9.45. The van der Waals surface area contributed by atoms with Crippen LogP contribution in [0.3, 0.4) is 0 Å². The molecule has 1 atom stereocenters. The number of nitriles is 1. The van der Waals surface area contributed by atoms with Gasteiger partial charge < -0.3 is 4.74 Å². The summed E-state index contributed by atoms with van der Waals surface area (Å²) < 4.78 is 44.9. The van der Waals surface area contributed by atoms with E-state index >= 15 is 0 Å². The minimum Gasteiger partial charge on any atom is -0.380 e. The molecule has 0 aromatic heterocycles. The van der Waals surface area contributed by atoms with E-state index < -0.39 is 15.8 Å². The zero-order valence-electron chi connectivity index (χ0n) is 11.0. The Morgan fingerprint density at radius 3 is 2.80 bits per heavy atom. The van der Waals surface area contributed by atoms with E-state index in [2.05, 4.69) is 4.72 Å². The van der Waals surface area contributed by atoms with Crippen LogP contribution in [0.4, 0.5) is 10.1 Å². The molecule has 1 aliphatic carbocycles. The predicted octanol–water partition coefficient (Wildman–Crippen LogP) is 1.86. The van der Waals surface area contributed by atoms with Gasteiger partial charge in [-0.05, 0) is 37.0 Å². The van der Waals surface area contributed by atoms with Gasteiger partial charge in [0, 0.05) is 7.11 Å². The Balaban J connectivity index is 2.13. The van der Waals surface area contributed by atoms with E-state index in [1.54, 1.807) is 0 Å². The van der Waals surface area contributed by atoms with Gasteiger partial charge in [-0.2, -0.15) is 5.26 Å². The van der Waals surface area contributed by atoms with Gasteiger partial charge in [0.25, 0.3) is 0 Å². The van der Waals surface area contributed by atoms with E-state index in [4.69, 9.17) is 10.00 Å². The first kappa shape index (κ1) is 14.8. The van der Waals surface area contributed by atoms with Gasteiger partial charge in [0.1, 0.15) is 5.82 Å². The standard InChI is InChI=1S/C13H15FN2O3S/c1-19-13(10-3-4-10)8-20(17,18)16-12-6-9(7-15)2-5-11(12)14/h2,5-6,10,13,16H,3-4,8H2,1H3. The molecule has 108 valence electrons. The van der Waals surface area contributed by atoms with Crippen LogP contribution in [0.1, 0.15) is 18.4 Å². The molecule has 0 aliphatic heterocycles. The SMILES string of the molecule is COC(CS(=O)(=O)Nc1cc(C#N)ccc1F)C1CC1. The van der Waals surface area contributed by atoms with Crippen molar-refractivity contribution in [1.29, 1.82) is 5.26 Å². The zero-order chi connectivity index (χ0) is 14.8. The molecular weight excluding hydrogens is 283 g/mol. The summed E-state index contributed by atoms with van der Waals surface area (Å²) in [6.07, 6.45) is 1.52. The maximum Gasteiger partial charge on any atom is 0.235 e. The lowest BCUT2D eigenvalue weighted by Gasteiger charge is -2.16. The van der Waals surface area contributed by atoms with Gasteiger partial charge in [-0.1, -0.05) is 0 Å². The van der Waals surface area contributed by atoms with Crippen molar-refractivity contribution in [2.45, 2.75) is 18.9 Å². The number of nitrogens with one attached hydrogen (secondary N) is 1. The van der Waals surface area contributed by atoms with Crippen molar-refractivity contribution in [3.8, 4) is 6.07 Å². The number of rotatable bonds is 6. The molecule has 0 radical (unpaired) electrons.